The number of hydrogen-bond acceptors (Lipinski definition) is 7. The van der Waals surface area contributed by atoms with Crippen molar-refractivity contribution < 1.29 is 18.4 Å². The van der Waals surface area contributed by atoms with Gasteiger partial charge in [0.1, 0.15) is 22.7 Å². The van der Waals surface area contributed by atoms with Crippen molar-refractivity contribution in [1.29, 1.82) is 0 Å². The zero-order chi connectivity index (χ0) is 18.8. The number of benzene rings is 1. The molecule has 9 heteroatoms. The molecule has 1 amide bonds. The number of nitrogens with zero attached hydrogens (tertiary/aromatic N) is 3. The third-order valence-corrected chi connectivity index (χ3v) is 4.61. The van der Waals surface area contributed by atoms with Gasteiger partial charge in [-0.25, -0.2) is 14.4 Å². The number of aryl methyl sites for hydroxylation is 1. The second kappa shape index (κ2) is 7.12. The largest absolute Gasteiger partial charge is 0.467 e. The van der Waals surface area contributed by atoms with Crippen molar-refractivity contribution in [1.82, 2.24) is 15.1 Å². The SMILES string of the molecule is Cc1cc(NC(=O)COc2ncnc3scc(-c4ccc(F)cc4)c23)no1. The van der Waals surface area contributed by atoms with Crippen molar-refractivity contribution in [2.24, 2.45) is 0 Å². The van der Waals surface area contributed by atoms with Gasteiger partial charge in [-0.1, -0.05) is 17.3 Å². The van der Waals surface area contributed by atoms with E-state index in [1.807, 2.05) is 5.38 Å². The zero-order valence-electron chi connectivity index (χ0n) is 14.1. The quantitative estimate of drug-likeness (QED) is 0.563. The number of halogens is 1. The maximum atomic E-state index is 13.2. The fourth-order valence-electron chi connectivity index (χ4n) is 2.54. The fraction of sp³-hybridized carbons (Fsp3) is 0.111. The summed E-state index contributed by atoms with van der Waals surface area (Å²) < 4.78 is 23.7. The second-order valence-corrected chi connectivity index (χ2v) is 6.53. The van der Waals surface area contributed by atoms with E-state index < -0.39 is 5.91 Å². The van der Waals surface area contributed by atoms with Gasteiger partial charge in [0, 0.05) is 17.0 Å². The van der Waals surface area contributed by atoms with Gasteiger partial charge in [-0.15, -0.1) is 11.3 Å². The number of aromatic nitrogens is 3. The van der Waals surface area contributed by atoms with Crippen LogP contribution >= 0.6 is 11.3 Å². The van der Waals surface area contributed by atoms with Crippen molar-refractivity contribution in [3.05, 3.63) is 53.6 Å². The Hall–Kier alpha value is -3.33. The fourth-order valence-corrected chi connectivity index (χ4v) is 3.44. The average molecular weight is 384 g/mol. The van der Waals surface area contributed by atoms with Crippen LogP contribution in [0.5, 0.6) is 5.88 Å². The van der Waals surface area contributed by atoms with Gasteiger partial charge < -0.3 is 14.6 Å². The Morgan fingerprint density at radius 3 is 2.85 bits per heavy atom. The van der Waals surface area contributed by atoms with Gasteiger partial charge in [-0.2, -0.15) is 0 Å². The summed E-state index contributed by atoms with van der Waals surface area (Å²) in [6.07, 6.45) is 1.38. The van der Waals surface area contributed by atoms with Gasteiger partial charge >= 0.3 is 0 Å². The van der Waals surface area contributed by atoms with Crippen LogP contribution in [0, 0.1) is 12.7 Å². The van der Waals surface area contributed by atoms with Crippen LogP contribution < -0.4 is 10.1 Å². The molecule has 3 aromatic heterocycles. The normalized spacial score (nSPS) is 10.9. The number of fused-ring (bicyclic) bond motifs is 1. The highest BCUT2D eigenvalue weighted by atomic mass is 32.1. The van der Waals surface area contributed by atoms with Gasteiger partial charge in [0.2, 0.25) is 5.88 Å². The van der Waals surface area contributed by atoms with Crippen LogP contribution in [0.2, 0.25) is 0 Å². The molecule has 0 bridgehead atoms. The lowest BCUT2D eigenvalue weighted by Gasteiger charge is -2.07. The third-order valence-electron chi connectivity index (χ3n) is 3.73. The number of ether oxygens (including phenoxy) is 1. The first kappa shape index (κ1) is 17.1. The maximum absolute atomic E-state index is 13.2. The summed E-state index contributed by atoms with van der Waals surface area (Å²) in [7, 11) is 0. The lowest BCUT2D eigenvalue weighted by atomic mass is 10.1. The zero-order valence-corrected chi connectivity index (χ0v) is 14.9. The number of rotatable bonds is 5. The monoisotopic (exact) mass is 384 g/mol. The van der Waals surface area contributed by atoms with Gasteiger partial charge in [-0.05, 0) is 24.6 Å². The lowest BCUT2D eigenvalue weighted by molar-refractivity contribution is -0.118. The predicted octanol–water partition coefficient (Wildman–Crippen LogP) is 3.81. The Morgan fingerprint density at radius 1 is 1.30 bits per heavy atom. The van der Waals surface area contributed by atoms with Crippen LogP contribution in [-0.2, 0) is 4.79 Å². The van der Waals surface area contributed by atoms with E-state index in [0.29, 0.717) is 21.8 Å². The Bertz CT molecular complexity index is 1110. The van der Waals surface area contributed by atoms with E-state index in [4.69, 9.17) is 9.26 Å². The molecule has 27 heavy (non-hydrogen) atoms. The molecule has 0 fully saturated rings. The number of anilines is 1. The van der Waals surface area contributed by atoms with Crippen molar-refractivity contribution in [3.63, 3.8) is 0 Å². The molecule has 0 aliphatic heterocycles. The molecule has 7 nitrogen and oxygen atoms in total. The van der Waals surface area contributed by atoms with E-state index in [2.05, 4.69) is 20.4 Å². The standard InChI is InChI=1S/C18H13FN4O3S/c1-10-6-14(23-26-10)22-15(24)7-25-17-16-13(8-27-18(16)21-9-20-17)11-2-4-12(19)5-3-11/h2-6,8-9H,7H2,1H3,(H,22,23,24). The minimum atomic E-state index is -0.395. The summed E-state index contributed by atoms with van der Waals surface area (Å²) in [5, 5.41) is 8.85. The smallest absolute Gasteiger partial charge is 0.263 e. The van der Waals surface area contributed by atoms with Crippen LogP contribution in [0.4, 0.5) is 10.2 Å². The summed E-state index contributed by atoms with van der Waals surface area (Å²) in [5.41, 5.74) is 1.63. The van der Waals surface area contributed by atoms with Crippen molar-refractivity contribution >= 4 is 33.3 Å². The molecule has 0 saturated heterocycles. The highest BCUT2D eigenvalue weighted by Gasteiger charge is 2.16. The minimum absolute atomic E-state index is 0.253. The summed E-state index contributed by atoms with van der Waals surface area (Å²) in [6, 6.07) is 7.72. The molecule has 136 valence electrons. The van der Waals surface area contributed by atoms with E-state index >= 15 is 0 Å². The molecule has 0 aliphatic rings. The number of carbonyl (C=O) groups is 1. The first-order valence-electron chi connectivity index (χ1n) is 7.94. The number of amides is 1. The molecule has 3 heterocycles. The predicted molar refractivity (Wildman–Crippen MR) is 98.2 cm³/mol. The highest BCUT2D eigenvalue weighted by Crippen LogP contribution is 2.37. The Labute approximate surface area is 156 Å². The number of nitrogens with one attached hydrogen (secondary N) is 1. The van der Waals surface area contributed by atoms with Crippen LogP contribution in [0.1, 0.15) is 5.76 Å². The molecule has 0 atom stereocenters. The highest BCUT2D eigenvalue weighted by molar-refractivity contribution is 7.17. The van der Waals surface area contributed by atoms with Gasteiger partial charge in [0.25, 0.3) is 5.91 Å². The van der Waals surface area contributed by atoms with Crippen molar-refractivity contribution in [3.8, 4) is 17.0 Å². The van der Waals surface area contributed by atoms with Crippen LogP contribution in [0.15, 0.2) is 46.6 Å². The topological polar surface area (TPSA) is 90.1 Å². The number of carbonyl (C=O) groups excluding carboxylic acids is 1. The molecular weight excluding hydrogens is 371 g/mol. The molecule has 1 N–H and O–H groups in total. The van der Waals surface area contributed by atoms with Gasteiger partial charge in [0.15, 0.2) is 12.4 Å². The van der Waals surface area contributed by atoms with Crippen LogP contribution in [-0.4, -0.2) is 27.6 Å². The van der Waals surface area contributed by atoms with E-state index in [0.717, 1.165) is 11.1 Å². The summed E-state index contributed by atoms with van der Waals surface area (Å²) >= 11 is 1.42. The maximum Gasteiger partial charge on any atom is 0.263 e. The number of hydrogen-bond donors (Lipinski definition) is 1. The Morgan fingerprint density at radius 2 is 2.11 bits per heavy atom. The molecule has 0 unspecified atom stereocenters. The summed E-state index contributed by atoms with van der Waals surface area (Å²) in [5.74, 6) is 0.480. The van der Waals surface area contributed by atoms with Gasteiger partial charge in [0.05, 0.1) is 5.39 Å². The first-order chi connectivity index (χ1) is 13.1. The van der Waals surface area contributed by atoms with E-state index in [9.17, 15) is 9.18 Å². The Balaban J connectivity index is 1.57. The summed E-state index contributed by atoms with van der Waals surface area (Å²) in [6.45, 7) is 1.47. The van der Waals surface area contributed by atoms with E-state index in [1.165, 1.54) is 29.8 Å². The average Bonchev–Trinajstić information content (AvgIpc) is 3.27. The molecular formula is C18H13FN4O3S. The molecule has 0 radical (unpaired) electrons. The lowest BCUT2D eigenvalue weighted by Crippen LogP contribution is -2.20. The summed E-state index contributed by atoms with van der Waals surface area (Å²) in [4.78, 5) is 21.2. The van der Waals surface area contributed by atoms with Crippen LogP contribution in [0.25, 0.3) is 21.3 Å². The molecule has 4 rings (SSSR count). The van der Waals surface area contributed by atoms with Crippen molar-refractivity contribution in [2.45, 2.75) is 6.92 Å². The van der Waals surface area contributed by atoms with E-state index in [1.54, 1.807) is 25.1 Å². The van der Waals surface area contributed by atoms with Gasteiger partial charge in [-0.3, -0.25) is 4.79 Å². The van der Waals surface area contributed by atoms with E-state index in [-0.39, 0.29) is 18.3 Å². The number of thiophene rings is 1. The third kappa shape index (κ3) is 3.63. The second-order valence-electron chi connectivity index (χ2n) is 5.67. The molecule has 1 aromatic carbocycles. The first-order valence-corrected chi connectivity index (χ1v) is 8.82. The Kier molecular flexibility index (Phi) is 4.51. The van der Waals surface area contributed by atoms with Crippen molar-refractivity contribution in [2.75, 3.05) is 11.9 Å². The minimum Gasteiger partial charge on any atom is -0.467 e. The molecule has 4 aromatic rings. The van der Waals surface area contributed by atoms with Crippen LogP contribution in [0.3, 0.4) is 0 Å². The molecule has 0 spiro atoms. The molecule has 0 saturated carbocycles. The molecule has 0 aliphatic carbocycles.